The highest BCUT2D eigenvalue weighted by atomic mass is 14.4. The summed E-state index contributed by atoms with van der Waals surface area (Å²) in [5.41, 5.74) is 2.12. The Kier molecular flexibility index (Phi) is 2.90. The molecule has 0 radical (unpaired) electrons. The fourth-order valence-corrected chi connectivity index (χ4v) is 3.01. The third kappa shape index (κ3) is 1.70. The highest BCUT2D eigenvalue weighted by Crippen LogP contribution is 2.44. The molecule has 0 aromatic heterocycles. The largest absolute Gasteiger partial charge is 0.0654 e. The highest BCUT2D eigenvalue weighted by molar-refractivity contribution is 5.26. The van der Waals surface area contributed by atoms with Crippen LogP contribution in [0.1, 0.15) is 51.0 Å². The Morgan fingerprint density at radius 3 is 2.29 bits per heavy atom. The topological polar surface area (TPSA) is 0 Å². The lowest BCUT2D eigenvalue weighted by atomic mass is 9.75. The van der Waals surface area contributed by atoms with Crippen LogP contribution in [-0.2, 0) is 5.41 Å². The van der Waals surface area contributed by atoms with E-state index in [2.05, 4.69) is 37.3 Å². The molecular weight excluding hydrogens is 168 g/mol. The first-order chi connectivity index (χ1) is 6.87. The predicted molar refractivity (Wildman–Crippen MR) is 61.5 cm³/mol. The molecular formula is C14H20. The molecule has 0 N–H and O–H groups in total. The third-order valence-corrected chi connectivity index (χ3v) is 3.68. The van der Waals surface area contributed by atoms with Crippen LogP contribution >= 0.6 is 0 Å². The van der Waals surface area contributed by atoms with Crippen LogP contribution in [0.2, 0.25) is 0 Å². The van der Waals surface area contributed by atoms with Crippen LogP contribution in [0.4, 0.5) is 0 Å². The average Bonchev–Trinajstić information content (AvgIpc) is 2.70. The van der Waals surface area contributed by atoms with E-state index in [1.165, 1.54) is 38.5 Å². The molecule has 0 aliphatic heterocycles. The van der Waals surface area contributed by atoms with Gasteiger partial charge in [0.15, 0.2) is 0 Å². The third-order valence-electron chi connectivity index (χ3n) is 3.68. The number of hydrogen-bond donors (Lipinski definition) is 0. The first-order valence-corrected chi connectivity index (χ1v) is 5.93. The van der Waals surface area contributed by atoms with Gasteiger partial charge in [-0.25, -0.2) is 0 Å². The minimum absolute atomic E-state index is 0.538. The maximum absolute atomic E-state index is 2.32. The van der Waals surface area contributed by atoms with Gasteiger partial charge >= 0.3 is 0 Å². The van der Waals surface area contributed by atoms with E-state index in [9.17, 15) is 0 Å². The van der Waals surface area contributed by atoms with Gasteiger partial charge in [-0.2, -0.15) is 0 Å². The van der Waals surface area contributed by atoms with Gasteiger partial charge in [0.25, 0.3) is 0 Å². The second-order valence-electron chi connectivity index (χ2n) is 4.60. The van der Waals surface area contributed by atoms with Crippen LogP contribution in [0.3, 0.4) is 0 Å². The Bertz CT molecular complexity index is 267. The van der Waals surface area contributed by atoms with Gasteiger partial charge in [-0.1, -0.05) is 56.5 Å². The van der Waals surface area contributed by atoms with E-state index in [1.807, 2.05) is 0 Å². The second kappa shape index (κ2) is 4.16. The molecule has 0 unspecified atom stereocenters. The first-order valence-electron chi connectivity index (χ1n) is 5.93. The quantitative estimate of drug-likeness (QED) is 0.663. The standard InChI is InChI=1S/C14H20/c1-2-10-14(11-6-7-12-14)13-8-4-3-5-9-13/h3-5,8-9H,2,6-7,10-12H2,1H3. The van der Waals surface area contributed by atoms with Crippen LogP contribution in [0.5, 0.6) is 0 Å². The molecule has 1 aliphatic carbocycles. The van der Waals surface area contributed by atoms with Crippen molar-refractivity contribution in [2.75, 3.05) is 0 Å². The zero-order valence-corrected chi connectivity index (χ0v) is 9.13. The molecule has 1 fully saturated rings. The molecule has 2 rings (SSSR count). The summed E-state index contributed by atoms with van der Waals surface area (Å²) in [5, 5.41) is 0. The normalized spacial score (nSPS) is 19.8. The molecule has 1 aliphatic rings. The minimum Gasteiger partial charge on any atom is -0.0654 e. The molecule has 0 bridgehead atoms. The fraction of sp³-hybridized carbons (Fsp3) is 0.571. The lowest BCUT2D eigenvalue weighted by Crippen LogP contribution is -2.21. The molecule has 0 amide bonds. The van der Waals surface area contributed by atoms with Gasteiger partial charge in [0.2, 0.25) is 0 Å². The average molecular weight is 188 g/mol. The lowest BCUT2D eigenvalue weighted by Gasteiger charge is -2.29. The van der Waals surface area contributed by atoms with Crippen molar-refractivity contribution in [1.82, 2.24) is 0 Å². The van der Waals surface area contributed by atoms with Gasteiger partial charge in [0.05, 0.1) is 0 Å². The summed E-state index contributed by atoms with van der Waals surface area (Å²) in [6.07, 6.45) is 8.35. The summed E-state index contributed by atoms with van der Waals surface area (Å²) in [6, 6.07) is 11.1. The molecule has 0 nitrogen and oxygen atoms in total. The number of hydrogen-bond acceptors (Lipinski definition) is 0. The Morgan fingerprint density at radius 2 is 1.71 bits per heavy atom. The Hall–Kier alpha value is -0.780. The Morgan fingerprint density at radius 1 is 1.07 bits per heavy atom. The van der Waals surface area contributed by atoms with E-state index in [1.54, 1.807) is 5.56 Å². The van der Waals surface area contributed by atoms with Crippen molar-refractivity contribution in [3.05, 3.63) is 35.9 Å². The Labute approximate surface area is 87.3 Å². The zero-order valence-electron chi connectivity index (χ0n) is 9.13. The molecule has 1 aromatic rings. The van der Waals surface area contributed by atoms with Crippen LogP contribution < -0.4 is 0 Å². The minimum atomic E-state index is 0.538. The van der Waals surface area contributed by atoms with Crippen LogP contribution in [0.15, 0.2) is 30.3 Å². The van der Waals surface area contributed by atoms with Crippen molar-refractivity contribution in [2.45, 2.75) is 50.9 Å². The van der Waals surface area contributed by atoms with Crippen molar-refractivity contribution in [1.29, 1.82) is 0 Å². The van der Waals surface area contributed by atoms with Gasteiger partial charge in [-0.15, -0.1) is 0 Å². The van der Waals surface area contributed by atoms with E-state index in [4.69, 9.17) is 0 Å². The van der Waals surface area contributed by atoms with Gasteiger partial charge in [0.1, 0.15) is 0 Å². The van der Waals surface area contributed by atoms with Gasteiger partial charge < -0.3 is 0 Å². The van der Waals surface area contributed by atoms with Gasteiger partial charge in [-0.05, 0) is 30.2 Å². The summed E-state index contributed by atoms with van der Waals surface area (Å²) in [5.74, 6) is 0. The number of benzene rings is 1. The van der Waals surface area contributed by atoms with Crippen molar-refractivity contribution < 1.29 is 0 Å². The molecule has 76 valence electrons. The van der Waals surface area contributed by atoms with E-state index < -0.39 is 0 Å². The van der Waals surface area contributed by atoms with Crippen molar-refractivity contribution in [3.63, 3.8) is 0 Å². The molecule has 1 aromatic carbocycles. The molecule has 14 heavy (non-hydrogen) atoms. The fourth-order valence-electron chi connectivity index (χ4n) is 3.01. The predicted octanol–water partition coefficient (Wildman–Crippen LogP) is 4.30. The summed E-state index contributed by atoms with van der Waals surface area (Å²) in [4.78, 5) is 0. The van der Waals surface area contributed by atoms with Crippen LogP contribution in [0.25, 0.3) is 0 Å². The van der Waals surface area contributed by atoms with E-state index in [-0.39, 0.29) is 0 Å². The lowest BCUT2D eigenvalue weighted by molar-refractivity contribution is 0.401. The van der Waals surface area contributed by atoms with E-state index in [0.717, 1.165) is 0 Å². The van der Waals surface area contributed by atoms with E-state index in [0.29, 0.717) is 5.41 Å². The van der Waals surface area contributed by atoms with Crippen molar-refractivity contribution in [3.8, 4) is 0 Å². The van der Waals surface area contributed by atoms with Crippen molar-refractivity contribution >= 4 is 0 Å². The Balaban J connectivity index is 2.27. The van der Waals surface area contributed by atoms with Crippen LogP contribution in [0, 0.1) is 0 Å². The molecule has 1 saturated carbocycles. The molecule has 0 atom stereocenters. The summed E-state index contributed by atoms with van der Waals surface area (Å²) in [7, 11) is 0. The molecule has 0 heterocycles. The number of rotatable bonds is 3. The smallest absolute Gasteiger partial charge is 0.00471 e. The SMILES string of the molecule is CCCC1(c2ccccc2)CCCC1. The monoisotopic (exact) mass is 188 g/mol. The van der Waals surface area contributed by atoms with Gasteiger partial charge in [0, 0.05) is 0 Å². The highest BCUT2D eigenvalue weighted by Gasteiger charge is 2.34. The molecule has 0 saturated heterocycles. The summed E-state index contributed by atoms with van der Waals surface area (Å²) >= 11 is 0. The summed E-state index contributed by atoms with van der Waals surface area (Å²) in [6.45, 7) is 2.31. The van der Waals surface area contributed by atoms with Gasteiger partial charge in [-0.3, -0.25) is 0 Å². The molecule has 0 spiro atoms. The molecule has 0 heteroatoms. The van der Waals surface area contributed by atoms with Crippen LogP contribution in [-0.4, -0.2) is 0 Å². The van der Waals surface area contributed by atoms with Crippen molar-refractivity contribution in [2.24, 2.45) is 0 Å². The second-order valence-corrected chi connectivity index (χ2v) is 4.60. The zero-order chi connectivity index (χ0) is 9.86. The summed E-state index contributed by atoms with van der Waals surface area (Å²) < 4.78 is 0. The maximum atomic E-state index is 2.32. The van der Waals surface area contributed by atoms with E-state index >= 15 is 0 Å². The maximum Gasteiger partial charge on any atom is -0.00471 e. The first kappa shape index (κ1) is 9.76.